The van der Waals surface area contributed by atoms with Gasteiger partial charge in [-0.2, -0.15) is 0 Å². The van der Waals surface area contributed by atoms with Crippen LogP contribution in [-0.4, -0.2) is 27.1 Å². The van der Waals surface area contributed by atoms with Crippen molar-refractivity contribution in [2.75, 3.05) is 17.1 Å². The number of hydrogen-bond donors (Lipinski definition) is 1. The average Bonchev–Trinajstić information content (AvgIpc) is 2.61. The Balaban J connectivity index is 2.22. The minimum absolute atomic E-state index is 0.159. The SMILES string of the molecule is CCC(NC(=O)CN(c1ccc(C)c(C)c1)S(C)(=O)=O)c1ccc(C)c(C)c1. The molecule has 0 spiro atoms. The van der Waals surface area contributed by atoms with E-state index in [1.165, 1.54) is 5.56 Å². The summed E-state index contributed by atoms with van der Waals surface area (Å²) in [5, 5.41) is 2.98. The number of carbonyl (C=O) groups excluding carboxylic acids is 1. The Hall–Kier alpha value is -2.34. The number of aryl methyl sites for hydroxylation is 4. The molecule has 5 nitrogen and oxygen atoms in total. The number of carbonyl (C=O) groups is 1. The molecule has 2 aromatic rings. The zero-order chi connectivity index (χ0) is 21.1. The van der Waals surface area contributed by atoms with E-state index in [2.05, 4.69) is 11.4 Å². The van der Waals surface area contributed by atoms with Crippen molar-refractivity contribution in [3.8, 4) is 0 Å². The zero-order valence-electron chi connectivity index (χ0n) is 17.5. The van der Waals surface area contributed by atoms with Gasteiger partial charge in [0.2, 0.25) is 15.9 Å². The van der Waals surface area contributed by atoms with Gasteiger partial charge in [-0.3, -0.25) is 9.10 Å². The highest BCUT2D eigenvalue weighted by molar-refractivity contribution is 7.92. The second-order valence-electron chi connectivity index (χ2n) is 7.41. The summed E-state index contributed by atoms with van der Waals surface area (Å²) in [6.07, 6.45) is 1.84. The lowest BCUT2D eigenvalue weighted by molar-refractivity contribution is -0.120. The van der Waals surface area contributed by atoms with Gasteiger partial charge in [0, 0.05) is 0 Å². The lowest BCUT2D eigenvalue weighted by atomic mass is 9.99. The molecule has 1 N–H and O–H groups in total. The fraction of sp³-hybridized carbons (Fsp3) is 0.409. The molecule has 0 aliphatic carbocycles. The minimum Gasteiger partial charge on any atom is -0.348 e. The maximum absolute atomic E-state index is 12.7. The van der Waals surface area contributed by atoms with E-state index in [9.17, 15) is 13.2 Å². The molecular formula is C22H30N2O3S. The van der Waals surface area contributed by atoms with Crippen LogP contribution in [0.3, 0.4) is 0 Å². The first-order valence-electron chi connectivity index (χ1n) is 9.44. The van der Waals surface area contributed by atoms with Crippen molar-refractivity contribution in [1.29, 1.82) is 0 Å². The fourth-order valence-electron chi connectivity index (χ4n) is 3.05. The summed E-state index contributed by atoms with van der Waals surface area (Å²) < 4.78 is 25.8. The van der Waals surface area contributed by atoms with Crippen molar-refractivity contribution in [1.82, 2.24) is 5.32 Å². The Morgan fingerprint density at radius 2 is 1.54 bits per heavy atom. The number of benzene rings is 2. The summed E-state index contributed by atoms with van der Waals surface area (Å²) in [7, 11) is -3.59. The second kappa shape index (κ2) is 8.78. The van der Waals surface area contributed by atoms with Crippen molar-refractivity contribution < 1.29 is 13.2 Å². The van der Waals surface area contributed by atoms with E-state index in [-0.39, 0.29) is 18.5 Å². The maximum Gasteiger partial charge on any atom is 0.241 e. The summed E-state index contributed by atoms with van der Waals surface area (Å²) in [5.41, 5.74) is 5.94. The van der Waals surface area contributed by atoms with Crippen molar-refractivity contribution in [3.63, 3.8) is 0 Å². The normalized spacial score (nSPS) is 12.5. The molecule has 2 rings (SSSR count). The molecule has 0 aromatic heterocycles. The Morgan fingerprint density at radius 1 is 0.964 bits per heavy atom. The number of anilines is 1. The molecule has 1 amide bonds. The van der Waals surface area contributed by atoms with E-state index in [1.807, 2.05) is 52.8 Å². The number of nitrogens with zero attached hydrogens (tertiary/aromatic N) is 1. The molecule has 1 atom stereocenters. The molecule has 0 aliphatic heterocycles. The molecule has 152 valence electrons. The van der Waals surface area contributed by atoms with Gasteiger partial charge in [0.1, 0.15) is 6.54 Å². The lowest BCUT2D eigenvalue weighted by Gasteiger charge is -2.25. The standard InChI is InChI=1S/C22H30N2O3S/c1-7-21(19-10-8-15(2)17(4)12-19)23-22(25)14-24(28(6,26)27)20-11-9-16(3)18(5)13-20/h8-13,21H,7,14H2,1-6H3,(H,23,25). The van der Waals surface area contributed by atoms with Gasteiger partial charge in [-0.1, -0.05) is 31.2 Å². The molecule has 0 fully saturated rings. The van der Waals surface area contributed by atoms with Crippen LogP contribution in [0, 0.1) is 27.7 Å². The van der Waals surface area contributed by atoms with Crippen molar-refractivity contribution >= 4 is 21.6 Å². The molecule has 2 aromatic carbocycles. The van der Waals surface area contributed by atoms with Crippen LogP contribution in [0.15, 0.2) is 36.4 Å². The van der Waals surface area contributed by atoms with Crippen molar-refractivity contribution in [2.24, 2.45) is 0 Å². The van der Waals surface area contributed by atoms with Gasteiger partial charge in [0.25, 0.3) is 0 Å². The topological polar surface area (TPSA) is 66.5 Å². The minimum atomic E-state index is -3.59. The molecule has 0 saturated heterocycles. The van der Waals surface area contributed by atoms with Gasteiger partial charge >= 0.3 is 0 Å². The van der Waals surface area contributed by atoms with Gasteiger partial charge in [-0.05, 0) is 74.1 Å². The number of hydrogen-bond acceptors (Lipinski definition) is 3. The van der Waals surface area contributed by atoms with Gasteiger partial charge in [0.05, 0.1) is 18.0 Å². The highest BCUT2D eigenvalue weighted by Crippen LogP contribution is 2.22. The lowest BCUT2D eigenvalue weighted by Crippen LogP contribution is -2.41. The summed E-state index contributed by atoms with van der Waals surface area (Å²) >= 11 is 0. The van der Waals surface area contributed by atoms with E-state index in [1.54, 1.807) is 12.1 Å². The number of amides is 1. The first-order chi connectivity index (χ1) is 13.0. The van der Waals surface area contributed by atoms with Crippen molar-refractivity contribution in [2.45, 2.75) is 47.1 Å². The number of nitrogens with one attached hydrogen (secondary N) is 1. The van der Waals surface area contributed by atoms with E-state index in [0.29, 0.717) is 5.69 Å². The van der Waals surface area contributed by atoms with Gasteiger partial charge < -0.3 is 5.32 Å². The molecule has 0 saturated carbocycles. The molecule has 6 heteroatoms. The van der Waals surface area contributed by atoms with Crippen LogP contribution in [-0.2, 0) is 14.8 Å². The fourth-order valence-corrected chi connectivity index (χ4v) is 3.90. The summed E-state index contributed by atoms with van der Waals surface area (Å²) in [6, 6.07) is 11.4. The summed E-state index contributed by atoms with van der Waals surface area (Å²) in [5.74, 6) is -0.325. The van der Waals surface area contributed by atoms with E-state index in [0.717, 1.165) is 39.2 Å². The Morgan fingerprint density at radius 3 is 2.04 bits per heavy atom. The predicted molar refractivity (Wildman–Crippen MR) is 115 cm³/mol. The van der Waals surface area contributed by atoms with Crippen LogP contribution in [0.5, 0.6) is 0 Å². The maximum atomic E-state index is 12.7. The van der Waals surface area contributed by atoms with Crippen molar-refractivity contribution in [3.05, 3.63) is 64.2 Å². The average molecular weight is 403 g/mol. The van der Waals surface area contributed by atoms with E-state index >= 15 is 0 Å². The van der Waals surface area contributed by atoms with Crippen LogP contribution in [0.25, 0.3) is 0 Å². The Kier molecular flexibility index (Phi) is 6.88. The highest BCUT2D eigenvalue weighted by Gasteiger charge is 2.23. The molecule has 0 bridgehead atoms. The Bertz CT molecular complexity index is 968. The van der Waals surface area contributed by atoms with Crippen LogP contribution < -0.4 is 9.62 Å². The Labute approximate surface area is 168 Å². The molecular weight excluding hydrogens is 372 g/mol. The van der Waals surface area contributed by atoms with Crippen LogP contribution >= 0.6 is 0 Å². The highest BCUT2D eigenvalue weighted by atomic mass is 32.2. The smallest absolute Gasteiger partial charge is 0.241 e. The van der Waals surface area contributed by atoms with Crippen LogP contribution in [0.2, 0.25) is 0 Å². The van der Waals surface area contributed by atoms with Gasteiger partial charge in [0.15, 0.2) is 0 Å². The summed E-state index contributed by atoms with van der Waals surface area (Å²) in [6.45, 7) is 9.73. The largest absolute Gasteiger partial charge is 0.348 e. The predicted octanol–water partition coefficient (Wildman–Crippen LogP) is 3.95. The van der Waals surface area contributed by atoms with E-state index in [4.69, 9.17) is 0 Å². The molecule has 0 radical (unpaired) electrons. The third-order valence-corrected chi connectivity index (χ3v) is 6.28. The number of sulfonamides is 1. The first-order valence-corrected chi connectivity index (χ1v) is 11.3. The van der Waals surface area contributed by atoms with Crippen LogP contribution in [0.1, 0.15) is 47.2 Å². The summed E-state index contributed by atoms with van der Waals surface area (Å²) in [4.78, 5) is 12.7. The zero-order valence-corrected chi connectivity index (χ0v) is 18.4. The van der Waals surface area contributed by atoms with Gasteiger partial charge in [-0.25, -0.2) is 8.42 Å². The van der Waals surface area contributed by atoms with E-state index < -0.39 is 10.0 Å². The molecule has 0 aliphatic rings. The molecule has 28 heavy (non-hydrogen) atoms. The first kappa shape index (κ1) is 22.0. The molecule has 1 unspecified atom stereocenters. The molecule has 0 heterocycles. The quantitative estimate of drug-likeness (QED) is 0.762. The third kappa shape index (κ3) is 5.35. The van der Waals surface area contributed by atoms with Gasteiger partial charge in [-0.15, -0.1) is 0 Å². The monoisotopic (exact) mass is 402 g/mol. The third-order valence-electron chi connectivity index (χ3n) is 5.14. The van der Waals surface area contributed by atoms with Crippen LogP contribution in [0.4, 0.5) is 5.69 Å². The second-order valence-corrected chi connectivity index (χ2v) is 9.32. The number of rotatable bonds is 7.